The van der Waals surface area contributed by atoms with Crippen LogP contribution in [0, 0.1) is 5.82 Å². The largest absolute Gasteiger partial charge is 0.493 e. The van der Waals surface area contributed by atoms with Gasteiger partial charge in [-0.3, -0.25) is 0 Å². The summed E-state index contributed by atoms with van der Waals surface area (Å²) in [5, 5.41) is 12.3. The van der Waals surface area contributed by atoms with Crippen LogP contribution in [0.2, 0.25) is 0 Å². The van der Waals surface area contributed by atoms with E-state index in [9.17, 15) is 4.39 Å². The highest BCUT2D eigenvalue weighted by Gasteiger charge is 2.11. The third-order valence-corrected chi connectivity index (χ3v) is 3.31. The summed E-state index contributed by atoms with van der Waals surface area (Å²) in [6.07, 6.45) is 0. The number of ether oxygens (including phenoxy) is 2. The van der Waals surface area contributed by atoms with Crippen molar-refractivity contribution in [3.63, 3.8) is 0 Å². The van der Waals surface area contributed by atoms with Gasteiger partial charge < -0.3 is 9.47 Å². The van der Waals surface area contributed by atoms with E-state index in [2.05, 4.69) is 15.4 Å². The topological polar surface area (TPSA) is 62.1 Å². The number of methoxy groups -OCH3 is 2. The molecule has 0 aliphatic heterocycles. The van der Waals surface area contributed by atoms with E-state index < -0.39 is 0 Å². The summed E-state index contributed by atoms with van der Waals surface area (Å²) in [5.41, 5.74) is 1.52. The molecule has 0 radical (unpaired) electrons. The van der Waals surface area contributed by atoms with Crippen LogP contribution in [0.1, 0.15) is 5.56 Å². The van der Waals surface area contributed by atoms with E-state index in [4.69, 9.17) is 9.47 Å². The maximum atomic E-state index is 13.2. The minimum Gasteiger partial charge on any atom is -0.493 e. The summed E-state index contributed by atoms with van der Waals surface area (Å²) in [5.74, 6) is 1.39. The van der Waals surface area contributed by atoms with Crippen LogP contribution < -0.4 is 9.47 Å². The Morgan fingerprint density at radius 3 is 2.61 bits per heavy atom. The van der Waals surface area contributed by atoms with E-state index >= 15 is 0 Å². The molecular weight excluding hydrogens is 299 g/mol. The maximum Gasteiger partial charge on any atom is 0.205 e. The van der Waals surface area contributed by atoms with Crippen molar-refractivity contribution >= 4 is 0 Å². The van der Waals surface area contributed by atoms with Crippen molar-refractivity contribution in [1.82, 2.24) is 20.2 Å². The average molecular weight is 314 g/mol. The maximum absolute atomic E-state index is 13.2. The van der Waals surface area contributed by atoms with Crippen molar-refractivity contribution in [2.24, 2.45) is 0 Å². The van der Waals surface area contributed by atoms with E-state index in [-0.39, 0.29) is 5.82 Å². The zero-order chi connectivity index (χ0) is 16.2. The molecule has 0 aliphatic carbocycles. The van der Waals surface area contributed by atoms with Crippen molar-refractivity contribution in [1.29, 1.82) is 0 Å². The summed E-state index contributed by atoms with van der Waals surface area (Å²) < 4.78 is 23.7. The molecule has 7 heteroatoms. The van der Waals surface area contributed by atoms with Gasteiger partial charge in [-0.25, -0.2) is 4.39 Å². The van der Waals surface area contributed by atoms with Crippen LogP contribution in [0.5, 0.6) is 11.5 Å². The van der Waals surface area contributed by atoms with Crippen molar-refractivity contribution in [3.05, 3.63) is 53.8 Å². The molecule has 1 heterocycles. The van der Waals surface area contributed by atoms with Crippen LogP contribution in [0.25, 0.3) is 11.4 Å². The Bertz CT molecular complexity index is 819. The van der Waals surface area contributed by atoms with Gasteiger partial charge in [0.05, 0.1) is 20.8 Å². The molecule has 0 amide bonds. The number of nitrogens with zero attached hydrogens (tertiary/aromatic N) is 4. The summed E-state index contributed by atoms with van der Waals surface area (Å²) >= 11 is 0. The Balaban J connectivity index is 1.84. The minimum atomic E-state index is -0.289. The fraction of sp³-hybridized carbons (Fsp3) is 0.188. The molecule has 0 spiro atoms. The predicted octanol–water partition coefficient (Wildman–Crippen LogP) is 2.54. The summed E-state index contributed by atoms with van der Waals surface area (Å²) in [7, 11) is 3.14. The lowest BCUT2D eigenvalue weighted by Crippen LogP contribution is -2.04. The van der Waals surface area contributed by atoms with Gasteiger partial charge in [0, 0.05) is 5.56 Å². The second-order valence-corrected chi connectivity index (χ2v) is 4.84. The zero-order valence-corrected chi connectivity index (χ0v) is 12.7. The van der Waals surface area contributed by atoms with Crippen molar-refractivity contribution in [2.75, 3.05) is 14.2 Å². The van der Waals surface area contributed by atoms with Crippen molar-refractivity contribution < 1.29 is 13.9 Å². The Kier molecular flexibility index (Phi) is 4.18. The van der Waals surface area contributed by atoms with Crippen LogP contribution in [-0.4, -0.2) is 34.4 Å². The Labute approximate surface area is 132 Å². The fourth-order valence-corrected chi connectivity index (χ4v) is 2.20. The number of tetrazole rings is 1. The van der Waals surface area contributed by atoms with Gasteiger partial charge in [0.15, 0.2) is 11.5 Å². The van der Waals surface area contributed by atoms with Gasteiger partial charge in [0.2, 0.25) is 5.82 Å². The molecule has 0 unspecified atom stereocenters. The number of hydrogen-bond donors (Lipinski definition) is 0. The molecule has 2 aromatic carbocycles. The third-order valence-electron chi connectivity index (χ3n) is 3.31. The van der Waals surface area contributed by atoms with Crippen LogP contribution in [0.4, 0.5) is 4.39 Å². The zero-order valence-electron chi connectivity index (χ0n) is 12.7. The number of halogens is 1. The molecule has 0 atom stereocenters. The van der Waals surface area contributed by atoms with Crippen LogP contribution in [0.15, 0.2) is 42.5 Å². The van der Waals surface area contributed by atoms with Gasteiger partial charge in [-0.05, 0) is 41.1 Å². The minimum absolute atomic E-state index is 0.289. The molecule has 118 valence electrons. The van der Waals surface area contributed by atoms with Gasteiger partial charge in [-0.2, -0.15) is 4.80 Å². The monoisotopic (exact) mass is 314 g/mol. The highest BCUT2D eigenvalue weighted by Crippen LogP contribution is 2.30. The third kappa shape index (κ3) is 3.28. The lowest BCUT2D eigenvalue weighted by Gasteiger charge is -2.07. The van der Waals surface area contributed by atoms with Gasteiger partial charge in [0.1, 0.15) is 5.82 Å². The molecule has 0 bridgehead atoms. The molecule has 0 saturated carbocycles. The van der Waals surface area contributed by atoms with Crippen molar-refractivity contribution in [3.8, 4) is 22.9 Å². The number of aromatic nitrogens is 4. The van der Waals surface area contributed by atoms with E-state index in [1.807, 2.05) is 12.1 Å². The molecule has 0 N–H and O–H groups in total. The number of benzene rings is 2. The number of rotatable bonds is 5. The van der Waals surface area contributed by atoms with Gasteiger partial charge in [-0.15, -0.1) is 10.2 Å². The first-order valence-corrected chi connectivity index (χ1v) is 6.94. The van der Waals surface area contributed by atoms with Gasteiger partial charge in [-0.1, -0.05) is 12.1 Å². The molecule has 0 aliphatic rings. The van der Waals surface area contributed by atoms with Crippen LogP contribution in [-0.2, 0) is 6.54 Å². The smallest absolute Gasteiger partial charge is 0.205 e. The predicted molar refractivity (Wildman–Crippen MR) is 81.9 cm³/mol. The second kappa shape index (κ2) is 6.43. The lowest BCUT2D eigenvalue weighted by molar-refractivity contribution is 0.355. The summed E-state index contributed by atoms with van der Waals surface area (Å²) in [4.78, 5) is 1.42. The Hall–Kier alpha value is -2.96. The lowest BCUT2D eigenvalue weighted by atomic mass is 10.2. The van der Waals surface area contributed by atoms with Crippen molar-refractivity contribution in [2.45, 2.75) is 6.54 Å². The second-order valence-electron chi connectivity index (χ2n) is 4.84. The summed E-state index contributed by atoms with van der Waals surface area (Å²) in [6.45, 7) is 0.345. The van der Waals surface area contributed by atoms with Gasteiger partial charge in [0.25, 0.3) is 0 Å². The highest BCUT2D eigenvalue weighted by molar-refractivity contribution is 5.60. The van der Waals surface area contributed by atoms with Crippen LogP contribution >= 0.6 is 0 Å². The molecule has 1 aromatic heterocycles. The first-order chi connectivity index (χ1) is 11.2. The molecule has 3 aromatic rings. The standard InChI is InChI=1S/C16H15FN4O2/c1-22-14-7-6-12(9-15(14)23-2)16-18-20-21(19-16)10-11-4-3-5-13(17)8-11/h3-9H,10H2,1-2H3. The normalized spacial score (nSPS) is 10.6. The van der Waals surface area contributed by atoms with Gasteiger partial charge >= 0.3 is 0 Å². The molecule has 3 rings (SSSR count). The Morgan fingerprint density at radius 2 is 1.87 bits per heavy atom. The first-order valence-electron chi connectivity index (χ1n) is 6.94. The molecule has 0 saturated heterocycles. The van der Waals surface area contributed by atoms with E-state index in [1.54, 1.807) is 32.4 Å². The molecule has 0 fully saturated rings. The average Bonchev–Trinajstić information content (AvgIpc) is 3.02. The number of hydrogen-bond acceptors (Lipinski definition) is 5. The highest BCUT2D eigenvalue weighted by atomic mass is 19.1. The molecule has 6 nitrogen and oxygen atoms in total. The first kappa shape index (κ1) is 15.0. The summed E-state index contributed by atoms with van der Waals surface area (Å²) in [6, 6.07) is 11.7. The fourth-order valence-electron chi connectivity index (χ4n) is 2.20. The quantitative estimate of drug-likeness (QED) is 0.724. The van der Waals surface area contributed by atoms with E-state index in [0.717, 1.165) is 11.1 Å². The van der Waals surface area contributed by atoms with E-state index in [0.29, 0.717) is 23.9 Å². The SMILES string of the molecule is COc1ccc(-c2nnn(Cc3cccc(F)c3)n2)cc1OC. The van der Waals surface area contributed by atoms with Crippen LogP contribution in [0.3, 0.4) is 0 Å². The van der Waals surface area contributed by atoms with E-state index in [1.165, 1.54) is 16.9 Å². The molecule has 23 heavy (non-hydrogen) atoms. The Morgan fingerprint density at radius 1 is 1.04 bits per heavy atom. The molecular formula is C16H15FN4O2.